The van der Waals surface area contributed by atoms with Gasteiger partial charge in [-0.05, 0) is 30.2 Å². The molecule has 0 spiro atoms. The number of carbonyl (C=O) groups is 2. The lowest BCUT2D eigenvalue weighted by atomic mass is 9.97. The van der Waals surface area contributed by atoms with Gasteiger partial charge in [-0.3, -0.25) is 9.59 Å². The lowest BCUT2D eigenvalue weighted by Gasteiger charge is -2.15. The highest BCUT2D eigenvalue weighted by Gasteiger charge is 2.21. The number of carbonyl (C=O) groups excluding carboxylic acids is 2. The molecule has 0 radical (unpaired) electrons. The van der Waals surface area contributed by atoms with Crippen LogP contribution in [0.15, 0.2) is 61.2 Å². The second-order valence-corrected chi connectivity index (χ2v) is 6.47. The van der Waals surface area contributed by atoms with E-state index in [2.05, 4.69) is 15.4 Å². The maximum Gasteiger partial charge on any atom is 0.313 e. The Kier molecular flexibility index (Phi) is 6.39. The Labute approximate surface area is 167 Å². The molecule has 0 fully saturated rings. The SMILES string of the molecule is CCC(C(=O)OCC(=O)Nc1cc(Cl)ccc1-n1cncn1)c1ccccc1. The number of nitrogens with zero attached hydrogens (tertiary/aromatic N) is 3. The molecule has 1 heterocycles. The first kappa shape index (κ1) is 19.6. The molecule has 0 saturated heterocycles. The fraction of sp³-hybridized carbons (Fsp3) is 0.200. The Bertz CT molecular complexity index is 945. The normalized spacial score (nSPS) is 11.6. The van der Waals surface area contributed by atoms with E-state index >= 15 is 0 Å². The summed E-state index contributed by atoms with van der Waals surface area (Å²) in [6.07, 6.45) is 3.47. The Morgan fingerprint density at radius 1 is 1.21 bits per heavy atom. The number of esters is 1. The van der Waals surface area contributed by atoms with Gasteiger partial charge < -0.3 is 10.1 Å². The van der Waals surface area contributed by atoms with E-state index in [-0.39, 0.29) is 0 Å². The minimum Gasteiger partial charge on any atom is -0.455 e. The average Bonchev–Trinajstić information content (AvgIpc) is 3.22. The number of hydrogen-bond acceptors (Lipinski definition) is 5. The van der Waals surface area contributed by atoms with Gasteiger partial charge in [0.2, 0.25) is 0 Å². The highest BCUT2D eigenvalue weighted by molar-refractivity contribution is 6.31. The van der Waals surface area contributed by atoms with Crippen LogP contribution in [0.2, 0.25) is 5.02 Å². The summed E-state index contributed by atoms with van der Waals surface area (Å²) in [5.41, 5.74) is 1.89. The molecule has 28 heavy (non-hydrogen) atoms. The zero-order chi connectivity index (χ0) is 19.9. The number of ether oxygens (including phenoxy) is 1. The van der Waals surface area contributed by atoms with Gasteiger partial charge in [0.1, 0.15) is 12.7 Å². The quantitative estimate of drug-likeness (QED) is 0.614. The molecule has 1 amide bonds. The smallest absolute Gasteiger partial charge is 0.313 e. The molecule has 1 N–H and O–H groups in total. The Balaban J connectivity index is 1.65. The number of amides is 1. The Morgan fingerprint density at radius 2 is 2.00 bits per heavy atom. The van der Waals surface area contributed by atoms with Crippen molar-refractivity contribution in [3.63, 3.8) is 0 Å². The van der Waals surface area contributed by atoms with Crippen LogP contribution in [0.25, 0.3) is 5.69 Å². The number of anilines is 1. The van der Waals surface area contributed by atoms with Crippen molar-refractivity contribution in [1.29, 1.82) is 0 Å². The molecule has 0 aliphatic rings. The lowest BCUT2D eigenvalue weighted by Crippen LogP contribution is -2.24. The van der Waals surface area contributed by atoms with Crippen LogP contribution in [-0.4, -0.2) is 33.2 Å². The predicted molar refractivity (Wildman–Crippen MR) is 105 cm³/mol. The maximum absolute atomic E-state index is 12.4. The minimum absolute atomic E-state index is 0.397. The topological polar surface area (TPSA) is 86.1 Å². The first-order valence-corrected chi connectivity index (χ1v) is 9.12. The van der Waals surface area contributed by atoms with Crippen LogP contribution in [0, 0.1) is 0 Å². The molecule has 3 aromatic rings. The van der Waals surface area contributed by atoms with E-state index in [0.717, 1.165) is 5.56 Å². The van der Waals surface area contributed by atoms with Crippen LogP contribution in [0.1, 0.15) is 24.8 Å². The summed E-state index contributed by atoms with van der Waals surface area (Å²) in [5.74, 6) is -1.32. The molecule has 0 aliphatic carbocycles. The average molecular weight is 399 g/mol. The van der Waals surface area contributed by atoms with Crippen molar-refractivity contribution in [3.8, 4) is 5.69 Å². The van der Waals surface area contributed by atoms with E-state index in [1.807, 2.05) is 37.3 Å². The molecular weight excluding hydrogens is 380 g/mol. The number of aromatic nitrogens is 3. The van der Waals surface area contributed by atoms with Crippen LogP contribution >= 0.6 is 11.6 Å². The fourth-order valence-corrected chi connectivity index (χ4v) is 2.96. The van der Waals surface area contributed by atoms with Gasteiger partial charge in [-0.1, -0.05) is 48.9 Å². The minimum atomic E-state index is -0.472. The summed E-state index contributed by atoms with van der Waals surface area (Å²) in [4.78, 5) is 28.6. The van der Waals surface area contributed by atoms with E-state index in [0.29, 0.717) is 22.8 Å². The molecule has 2 aromatic carbocycles. The monoisotopic (exact) mass is 398 g/mol. The van der Waals surface area contributed by atoms with Crippen molar-refractivity contribution in [3.05, 3.63) is 71.8 Å². The molecule has 1 aromatic heterocycles. The van der Waals surface area contributed by atoms with Crippen molar-refractivity contribution in [2.75, 3.05) is 11.9 Å². The Hall–Kier alpha value is -3.19. The molecule has 7 nitrogen and oxygen atoms in total. The second-order valence-electron chi connectivity index (χ2n) is 6.03. The van der Waals surface area contributed by atoms with Crippen LogP contribution in [0.4, 0.5) is 5.69 Å². The third-order valence-corrected chi connectivity index (χ3v) is 4.37. The van der Waals surface area contributed by atoms with Gasteiger partial charge in [0.25, 0.3) is 5.91 Å². The summed E-state index contributed by atoms with van der Waals surface area (Å²) >= 11 is 6.04. The zero-order valence-electron chi connectivity index (χ0n) is 15.2. The molecule has 8 heteroatoms. The molecule has 1 unspecified atom stereocenters. The van der Waals surface area contributed by atoms with E-state index in [1.54, 1.807) is 18.2 Å². The van der Waals surface area contributed by atoms with Gasteiger partial charge in [-0.2, -0.15) is 5.10 Å². The first-order valence-electron chi connectivity index (χ1n) is 8.74. The first-order chi connectivity index (χ1) is 13.6. The van der Waals surface area contributed by atoms with Crippen molar-refractivity contribution < 1.29 is 14.3 Å². The van der Waals surface area contributed by atoms with Crippen molar-refractivity contribution in [1.82, 2.24) is 14.8 Å². The van der Waals surface area contributed by atoms with Crippen molar-refractivity contribution in [2.24, 2.45) is 0 Å². The lowest BCUT2D eigenvalue weighted by molar-refractivity contribution is -0.149. The standard InChI is InChI=1S/C20H19ClN4O3/c1-2-16(14-6-4-3-5-7-14)20(27)28-11-19(26)24-17-10-15(21)8-9-18(17)25-13-22-12-23-25/h3-10,12-13,16H,2,11H2,1H3,(H,24,26). The maximum atomic E-state index is 12.4. The van der Waals surface area contributed by atoms with Crippen LogP contribution < -0.4 is 5.32 Å². The van der Waals surface area contributed by atoms with E-state index in [1.165, 1.54) is 17.3 Å². The summed E-state index contributed by atoms with van der Waals surface area (Å²) in [6.45, 7) is 1.50. The van der Waals surface area contributed by atoms with Crippen molar-refractivity contribution >= 4 is 29.2 Å². The molecular formula is C20H19ClN4O3. The van der Waals surface area contributed by atoms with E-state index in [4.69, 9.17) is 16.3 Å². The predicted octanol–water partition coefficient (Wildman–Crippen LogP) is 3.60. The van der Waals surface area contributed by atoms with Gasteiger partial charge in [0.15, 0.2) is 6.61 Å². The number of halogens is 1. The van der Waals surface area contributed by atoms with Crippen LogP contribution in [0.3, 0.4) is 0 Å². The third-order valence-electron chi connectivity index (χ3n) is 4.14. The summed E-state index contributed by atoms with van der Waals surface area (Å²) in [5, 5.41) is 7.20. The van der Waals surface area contributed by atoms with Crippen LogP contribution in [0.5, 0.6) is 0 Å². The highest BCUT2D eigenvalue weighted by atomic mass is 35.5. The molecule has 1 atom stereocenters. The van der Waals surface area contributed by atoms with Gasteiger partial charge >= 0.3 is 5.97 Å². The van der Waals surface area contributed by atoms with Gasteiger partial charge in [0, 0.05) is 5.02 Å². The number of hydrogen-bond donors (Lipinski definition) is 1. The van der Waals surface area contributed by atoms with Gasteiger partial charge in [-0.15, -0.1) is 0 Å². The number of benzene rings is 2. The fourth-order valence-electron chi connectivity index (χ4n) is 2.79. The summed E-state index contributed by atoms with van der Waals surface area (Å²) < 4.78 is 6.73. The largest absolute Gasteiger partial charge is 0.455 e. The summed E-state index contributed by atoms with van der Waals surface area (Å²) in [7, 11) is 0. The zero-order valence-corrected chi connectivity index (χ0v) is 16.0. The number of nitrogens with one attached hydrogen (secondary N) is 1. The van der Waals surface area contributed by atoms with Gasteiger partial charge in [0.05, 0.1) is 17.3 Å². The summed E-state index contributed by atoms with van der Waals surface area (Å²) in [6, 6.07) is 14.3. The van der Waals surface area contributed by atoms with Crippen molar-refractivity contribution in [2.45, 2.75) is 19.3 Å². The molecule has 0 saturated carbocycles. The van der Waals surface area contributed by atoms with E-state index in [9.17, 15) is 9.59 Å². The van der Waals surface area contributed by atoms with E-state index < -0.39 is 24.4 Å². The van der Waals surface area contributed by atoms with Crippen LogP contribution in [-0.2, 0) is 14.3 Å². The molecule has 3 rings (SSSR count). The Morgan fingerprint density at radius 3 is 2.68 bits per heavy atom. The third kappa shape index (κ3) is 4.75. The highest BCUT2D eigenvalue weighted by Crippen LogP contribution is 2.24. The molecule has 0 aliphatic heterocycles. The molecule has 0 bridgehead atoms. The second kappa shape index (κ2) is 9.14. The molecule has 144 valence electrons. The van der Waals surface area contributed by atoms with Gasteiger partial charge in [-0.25, -0.2) is 9.67 Å². The number of rotatable bonds is 7.